The highest BCUT2D eigenvalue weighted by Gasteiger charge is 2.21. The van der Waals surface area contributed by atoms with Crippen molar-refractivity contribution in [3.05, 3.63) is 102 Å². The third-order valence-electron chi connectivity index (χ3n) is 5.14. The standard InChI is InChI=1S/C26H24N2O/c1-18(2)25(20-13-7-4-8-14-20)28-26(29)22-17-24(19-11-5-3-6-12-19)27-23-16-10-9-15-21(22)23/h3-18,25H,1-2H3,(H,28,29). The summed E-state index contributed by atoms with van der Waals surface area (Å²) >= 11 is 0. The van der Waals surface area contributed by atoms with Crippen molar-refractivity contribution in [1.29, 1.82) is 0 Å². The summed E-state index contributed by atoms with van der Waals surface area (Å²) in [5.41, 5.74) is 4.37. The van der Waals surface area contributed by atoms with Crippen LogP contribution in [0.2, 0.25) is 0 Å². The van der Waals surface area contributed by atoms with E-state index in [1.807, 2.05) is 78.9 Å². The molecule has 4 aromatic rings. The largest absolute Gasteiger partial charge is 0.345 e. The van der Waals surface area contributed by atoms with Crippen molar-refractivity contribution >= 4 is 16.8 Å². The molecular weight excluding hydrogens is 356 g/mol. The molecule has 0 aliphatic rings. The van der Waals surface area contributed by atoms with E-state index < -0.39 is 0 Å². The Labute approximate surface area is 171 Å². The summed E-state index contributed by atoms with van der Waals surface area (Å²) in [5.74, 6) is 0.186. The van der Waals surface area contributed by atoms with Crippen LogP contribution >= 0.6 is 0 Å². The van der Waals surface area contributed by atoms with Gasteiger partial charge in [-0.25, -0.2) is 4.98 Å². The molecule has 1 heterocycles. The number of rotatable bonds is 5. The Balaban J connectivity index is 1.77. The lowest BCUT2D eigenvalue weighted by atomic mass is 9.95. The topological polar surface area (TPSA) is 42.0 Å². The smallest absolute Gasteiger partial charge is 0.252 e. The van der Waals surface area contributed by atoms with E-state index in [1.54, 1.807) is 0 Å². The molecule has 3 nitrogen and oxygen atoms in total. The number of carbonyl (C=O) groups is 1. The van der Waals surface area contributed by atoms with Crippen LogP contribution in [-0.2, 0) is 0 Å². The lowest BCUT2D eigenvalue weighted by Gasteiger charge is -2.23. The Bertz CT molecular complexity index is 1120. The molecule has 1 atom stereocenters. The van der Waals surface area contributed by atoms with Crippen molar-refractivity contribution in [3.63, 3.8) is 0 Å². The number of pyridine rings is 1. The van der Waals surface area contributed by atoms with Crippen LogP contribution < -0.4 is 5.32 Å². The van der Waals surface area contributed by atoms with Crippen LogP contribution in [0.15, 0.2) is 91.0 Å². The zero-order chi connectivity index (χ0) is 20.2. The highest BCUT2D eigenvalue weighted by atomic mass is 16.1. The third kappa shape index (κ3) is 4.04. The van der Waals surface area contributed by atoms with Gasteiger partial charge in [0.05, 0.1) is 22.8 Å². The molecule has 4 rings (SSSR count). The SMILES string of the molecule is CC(C)C(NC(=O)c1cc(-c2ccccc2)nc2ccccc12)c1ccccc1. The molecule has 3 aromatic carbocycles. The van der Waals surface area contributed by atoms with Gasteiger partial charge in [-0.2, -0.15) is 0 Å². The molecule has 144 valence electrons. The zero-order valence-electron chi connectivity index (χ0n) is 16.7. The van der Waals surface area contributed by atoms with Crippen LogP contribution in [0.5, 0.6) is 0 Å². The molecule has 1 amide bonds. The van der Waals surface area contributed by atoms with Crippen LogP contribution in [-0.4, -0.2) is 10.9 Å². The third-order valence-corrected chi connectivity index (χ3v) is 5.14. The first-order valence-corrected chi connectivity index (χ1v) is 9.94. The molecule has 0 spiro atoms. The number of hydrogen-bond acceptors (Lipinski definition) is 2. The van der Waals surface area contributed by atoms with Gasteiger partial charge >= 0.3 is 0 Å². The minimum atomic E-state index is -0.0802. The maximum Gasteiger partial charge on any atom is 0.252 e. The van der Waals surface area contributed by atoms with Crippen LogP contribution in [0.25, 0.3) is 22.2 Å². The summed E-state index contributed by atoms with van der Waals surface area (Å²) in [4.78, 5) is 18.2. The van der Waals surface area contributed by atoms with E-state index in [0.717, 1.165) is 27.7 Å². The predicted octanol–water partition coefficient (Wildman–Crippen LogP) is 6.03. The van der Waals surface area contributed by atoms with Crippen LogP contribution in [0.3, 0.4) is 0 Å². The molecule has 1 aromatic heterocycles. The minimum Gasteiger partial charge on any atom is -0.345 e. The van der Waals surface area contributed by atoms with E-state index in [4.69, 9.17) is 4.98 Å². The Hall–Kier alpha value is -3.46. The minimum absolute atomic E-state index is 0.0594. The van der Waals surface area contributed by atoms with Crippen molar-refractivity contribution < 1.29 is 4.79 Å². The van der Waals surface area contributed by atoms with Gasteiger partial charge in [0.2, 0.25) is 0 Å². The van der Waals surface area contributed by atoms with Gasteiger partial charge in [-0.1, -0.05) is 92.7 Å². The lowest BCUT2D eigenvalue weighted by Crippen LogP contribution is -2.32. The van der Waals surface area contributed by atoms with E-state index in [2.05, 4.69) is 31.3 Å². The molecule has 0 saturated carbocycles. The van der Waals surface area contributed by atoms with Gasteiger partial charge in [0, 0.05) is 10.9 Å². The van der Waals surface area contributed by atoms with Crippen molar-refractivity contribution in [2.75, 3.05) is 0 Å². The van der Waals surface area contributed by atoms with Gasteiger partial charge in [-0.15, -0.1) is 0 Å². The van der Waals surface area contributed by atoms with E-state index in [-0.39, 0.29) is 17.9 Å². The monoisotopic (exact) mass is 380 g/mol. The Morgan fingerprint density at radius 2 is 1.45 bits per heavy atom. The maximum absolute atomic E-state index is 13.4. The number of fused-ring (bicyclic) bond motifs is 1. The molecule has 0 aliphatic carbocycles. The Kier molecular flexibility index (Phi) is 5.39. The molecule has 29 heavy (non-hydrogen) atoms. The number of para-hydroxylation sites is 1. The fourth-order valence-electron chi connectivity index (χ4n) is 3.63. The molecule has 0 fully saturated rings. The van der Waals surface area contributed by atoms with Gasteiger partial charge in [-0.05, 0) is 23.6 Å². The van der Waals surface area contributed by atoms with Gasteiger partial charge in [0.1, 0.15) is 0 Å². The van der Waals surface area contributed by atoms with E-state index >= 15 is 0 Å². The molecule has 0 aliphatic heterocycles. The number of carbonyl (C=O) groups excluding carboxylic acids is 1. The first-order valence-electron chi connectivity index (χ1n) is 9.94. The van der Waals surface area contributed by atoms with Crippen molar-refractivity contribution in [1.82, 2.24) is 10.3 Å². The summed E-state index contributed by atoms with van der Waals surface area (Å²) in [6, 6.07) is 29.7. The molecular formula is C26H24N2O. The van der Waals surface area contributed by atoms with Crippen LogP contribution in [0.4, 0.5) is 0 Å². The number of benzene rings is 3. The molecule has 1 unspecified atom stereocenters. The molecule has 0 radical (unpaired) electrons. The van der Waals surface area contributed by atoms with Crippen molar-refractivity contribution in [2.45, 2.75) is 19.9 Å². The highest BCUT2D eigenvalue weighted by molar-refractivity contribution is 6.07. The molecule has 0 saturated heterocycles. The van der Waals surface area contributed by atoms with E-state index in [9.17, 15) is 4.79 Å². The zero-order valence-corrected chi connectivity index (χ0v) is 16.7. The second-order valence-corrected chi connectivity index (χ2v) is 7.54. The van der Waals surface area contributed by atoms with Crippen LogP contribution in [0.1, 0.15) is 35.8 Å². The van der Waals surface area contributed by atoms with Gasteiger partial charge < -0.3 is 5.32 Å². The quantitative estimate of drug-likeness (QED) is 0.459. The summed E-state index contributed by atoms with van der Waals surface area (Å²) in [5, 5.41) is 4.11. The second-order valence-electron chi connectivity index (χ2n) is 7.54. The maximum atomic E-state index is 13.4. The van der Waals surface area contributed by atoms with Gasteiger partial charge in [0.15, 0.2) is 0 Å². The predicted molar refractivity (Wildman–Crippen MR) is 119 cm³/mol. The molecule has 3 heteroatoms. The molecule has 0 bridgehead atoms. The second kappa shape index (κ2) is 8.27. The fraction of sp³-hybridized carbons (Fsp3) is 0.154. The van der Waals surface area contributed by atoms with Crippen LogP contribution in [0, 0.1) is 5.92 Å². The average molecular weight is 380 g/mol. The number of aromatic nitrogens is 1. The summed E-state index contributed by atoms with van der Waals surface area (Å²) in [6.45, 7) is 4.25. The number of nitrogens with zero attached hydrogens (tertiary/aromatic N) is 1. The first-order chi connectivity index (χ1) is 14.1. The van der Waals surface area contributed by atoms with Gasteiger partial charge in [-0.3, -0.25) is 4.79 Å². The molecule has 1 N–H and O–H groups in total. The normalized spacial score (nSPS) is 12.1. The number of nitrogens with one attached hydrogen (secondary N) is 1. The summed E-state index contributed by atoms with van der Waals surface area (Å²) < 4.78 is 0. The number of hydrogen-bond donors (Lipinski definition) is 1. The Morgan fingerprint density at radius 1 is 0.828 bits per heavy atom. The van der Waals surface area contributed by atoms with Gasteiger partial charge in [0.25, 0.3) is 5.91 Å². The van der Waals surface area contributed by atoms with E-state index in [0.29, 0.717) is 5.56 Å². The number of amides is 1. The van der Waals surface area contributed by atoms with Crippen molar-refractivity contribution in [2.24, 2.45) is 5.92 Å². The van der Waals surface area contributed by atoms with Crippen molar-refractivity contribution in [3.8, 4) is 11.3 Å². The highest BCUT2D eigenvalue weighted by Crippen LogP contribution is 2.27. The lowest BCUT2D eigenvalue weighted by molar-refractivity contribution is 0.0927. The summed E-state index contributed by atoms with van der Waals surface area (Å²) in [7, 11) is 0. The summed E-state index contributed by atoms with van der Waals surface area (Å²) in [6.07, 6.45) is 0. The first kappa shape index (κ1) is 18.9. The fourth-order valence-corrected chi connectivity index (χ4v) is 3.63. The average Bonchev–Trinajstić information content (AvgIpc) is 2.77. The Morgan fingerprint density at radius 3 is 2.14 bits per heavy atom. The van der Waals surface area contributed by atoms with E-state index in [1.165, 1.54) is 0 Å².